The Morgan fingerprint density at radius 2 is 1.79 bits per heavy atom. The second-order valence-electron chi connectivity index (χ2n) is 5.60. The van der Waals surface area contributed by atoms with Gasteiger partial charge >= 0.3 is 0 Å². The van der Waals surface area contributed by atoms with Crippen LogP contribution in [0, 0.1) is 5.92 Å². The van der Waals surface area contributed by atoms with Crippen LogP contribution in [-0.2, 0) is 24.0 Å². The molecule has 0 radical (unpaired) electrons. The standard InChI is InChI=1S/C16H25N3O5/c1-5-6-14(23)19(10-20)8-7-13(22)18-15(11(2)3)16(24)17-9-12(4)21/h5-6,10-11,15H,7-9H2,1-4H3,(H,17,24)(H,18,22)/b6-5-. The number of hydrogen-bond acceptors (Lipinski definition) is 5. The van der Waals surface area contributed by atoms with Crippen LogP contribution in [0.25, 0.3) is 0 Å². The number of hydrogen-bond donors (Lipinski definition) is 2. The van der Waals surface area contributed by atoms with E-state index in [0.717, 1.165) is 4.90 Å². The second kappa shape index (κ2) is 11.1. The minimum absolute atomic E-state index is 0.0849. The largest absolute Gasteiger partial charge is 0.347 e. The van der Waals surface area contributed by atoms with E-state index in [9.17, 15) is 24.0 Å². The zero-order valence-electron chi connectivity index (χ0n) is 14.5. The van der Waals surface area contributed by atoms with Gasteiger partial charge in [0.25, 0.3) is 5.91 Å². The number of nitrogens with zero attached hydrogens (tertiary/aromatic N) is 1. The van der Waals surface area contributed by atoms with Gasteiger partial charge in [0.1, 0.15) is 11.8 Å². The highest BCUT2D eigenvalue weighted by atomic mass is 16.2. The molecule has 1 atom stereocenters. The first-order chi connectivity index (χ1) is 11.2. The van der Waals surface area contributed by atoms with Crippen LogP contribution in [0.4, 0.5) is 0 Å². The molecule has 1 unspecified atom stereocenters. The van der Waals surface area contributed by atoms with Gasteiger partial charge in [-0.2, -0.15) is 0 Å². The Hall–Kier alpha value is -2.51. The average molecular weight is 339 g/mol. The third-order valence-electron chi connectivity index (χ3n) is 3.08. The summed E-state index contributed by atoms with van der Waals surface area (Å²) in [7, 11) is 0. The molecule has 0 aliphatic carbocycles. The molecule has 0 aliphatic heterocycles. The summed E-state index contributed by atoms with van der Waals surface area (Å²) >= 11 is 0. The minimum Gasteiger partial charge on any atom is -0.347 e. The van der Waals surface area contributed by atoms with Gasteiger partial charge in [0.05, 0.1) is 6.54 Å². The van der Waals surface area contributed by atoms with E-state index in [1.807, 2.05) is 0 Å². The molecule has 0 fully saturated rings. The van der Waals surface area contributed by atoms with Crippen molar-refractivity contribution in [3.05, 3.63) is 12.2 Å². The zero-order chi connectivity index (χ0) is 18.7. The Morgan fingerprint density at radius 1 is 1.17 bits per heavy atom. The number of amides is 4. The van der Waals surface area contributed by atoms with Crippen molar-refractivity contribution >= 4 is 29.9 Å². The summed E-state index contributed by atoms with van der Waals surface area (Å²) in [5.41, 5.74) is 0. The Balaban J connectivity index is 4.62. The van der Waals surface area contributed by atoms with Crippen molar-refractivity contribution in [2.24, 2.45) is 5.92 Å². The Labute approximate surface area is 141 Å². The van der Waals surface area contributed by atoms with E-state index in [0.29, 0.717) is 6.41 Å². The second-order valence-corrected chi connectivity index (χ2v) is 5.60. The van der Waals surface area contributed by atoms with E-state index in [-0.39, 0.29) is 31.2 Å². The summed E-state index contributed by atoms with van der Waals surface area (Å²) in [6.07, 6.45) is 2.95. The summed E-state index contributed by atoms with van der Waals surface area (Å²) in [4.78, 5) is 58.2. The molecule has 0 saturated heterocycles. The third kappa shape index (κ3) is 8.21. The van der Waals surface area contributed by atoms with Gasteiger partial charge in [0.15, 0.2) is 0 Å². The highest BCUT2D eigenvalue weighted by molar-refractivity contribution is 5.95. The lowest BCUT2D eigenvalue weighted by atomic mass is 10.0. The maximum atomic E-state index is 12.0. The number of carbonyl (C=O) groups is 5. The smallest absolute Gasteiger partial charge is 0.252 e. The molecule has 0 aromatic carbocycles. The third-order valence-corrected chi connectivity index (χ3v) is 3.08. The molecule has 0 spiro atoms. The van der Waals surface area contributed by atoms with Crippen molar-refractivity contribution in [3.8, 4) is 0 Å². The van der Waals surface area contributed by atoms with Crippen LogP contribution in [0.5, 0.6) is 0 Å². The Bertz CT molecular complexity index is 514. The molecule has 0 heterocycles. The van der Waals surface area contributed by atoms with Crippen molar-refractivity contribution in [1.29, 1.82) is 0 Å². The van der Waals surface area contributed by atoms with Crippen molar-refractivity contribution in [3.63, 3.8) is 0 Å². The van der Waals surface area contributed by atoms with Gasteiger partial charge < -0.3 is 10.6 Å². The fraction of sp³-hybridized carbons (Fsp3) is 0.562. The molecule has 0 saturated carbocycles. The topological polar surface area (TPSA) is 113 Å². The Morgan fingerprint density at radius 3 is 2.25 bits per heavy atom. The van der Waals surface area contributed by atoms with Crippen LogP contribution >= 0.6 is 0 Å². The summed E-state index contributed by atoms with van der Waals surface area (Å²) in [6.45, 7) is 6.31. The fourth-order valence-corrected chi connectivity index (χ4v) is 1.78. The summed E-state index contributed by atoms with van der Waals surface area (Å²) in [6, 6.07) is -0.798. The van der Waals surface area contributed by atoms with Crippen LogP contribution in [0.3, 0.4) is 0 Å². The molecule has 0 aromatic rings. The van der Waals surface area contributed by atoms with Gasteiger partial charge in [-0.1, -0.05) is 19.9 Å². The van der Waals surface area contributed by atoms with E-state index in [1.165, 1.54) is 19.1 Å². The molecule has 2 N–H and O–H groups in total. The SMILES string of the molecule is C/C=C\C(=O)N(C=O)CCC(=O)NC(C(=O)NCC(C)=O)C(C)C. The van der Waals surface area contributed by atoms with Gasteiger partial charge in [-0.15, -0.1) is 0 Å². The molecule has 4 amide bonds. The average Bonchev–Trinajstić information content (AvgIpc) is 2.50. The van der Waals surface area contributed by atoms with Gasteiger partial charge in [-0.25, -0.2) is 0 Å². The molecular weight excluding hydrogens is 314 g/mol. The maximum absolute atomic E-state index is 12.0. The molecule has 134 valence electrons. The predicted molar refractivity (Wildman–Crippen MR) is 87.7 cm³/mol. The van der Waals surface area contributed by atoms with E-state index in [1.54, 1.807) is 20.8 Å². The molecular formula is C16H25N3O5. The number of nitrogens with one attached hydrogen (secondary N) is 2. The van der Waals surface area contributed by atoms with E-state index in [4.69, 9.17) is 0 Å². The summed E-state index contributed by atoms with van der Waals surface area (Å²) in [5.74, 6) is -1.81. The highest BCUT2D eigenvalue weighted by Gasteiger charge is 2.24. The van der Waals surface area contributed by atoms with Gasteiger partial charge in [-0.05, 0) is 25.8 Å². The molecule has 0 rings (SSSR count). The fourth-order valence-electron chi connectivity index (χ4n) is 1.78. The molecule has 0 bridgehead atoms. The van der Waals surface area contributed by atoms with Crippen molar-refractivity contribution in [2.75, 3.05) is 13.1 Å². The molecule has 8 nitrogen and oxygen atoms in total. The Kier molecular flexibility index (Phi) is 9.93. The van der Waals surface area contributed by atoms with Crippen molar-refractivity contribution < 1.29 is 24.0 Å². The zero-order valence-corrected chi connectivity index (χ0v) is 14.5. The first kappa shape index (κ1) is 21.5. The number of imide groups is 1. The number of allylic oxidation sites excluding steroid dienone is 1. The van der Waals surface area contributed by atoms with Gasteiger partial charge in [-0.3, -0.25) is 28.9 Å². The van der Waals surface area contributed by atoms with Gasteiger partial charge in [0, 0.05) is 13.0 Å². The lowest BCUT2D eigenvalue weighted by molar-refractivity contribution is -0.135. The minimum atomic E-state index is -0.798. The van der Waals surface area contributed by atoms with Crippen LogP contribution in [0.2, 0.25) is 0 Å². The first-order valence-electron chi connectivity index (χ1n) is 7.68. The van der Waals surface area contributed by atoms with Crippen LogP contribution in [0.15, 0.2) is 12.2 Å². The number of Topliss-reactive ketones (excluding diaryl/α,β-unsaturated/α-hetero) is 1. The molecule has 8 heteroatoms. The monoisotopic (exact) mass is 339 g/mol. The normalized spacial score (nSPS) is 11.9. The quantitative estimate of drug-likeness (QED) is 0.422. The van der Waals surface area contributed by atoms with E-state index >= 15 is 0 Å². The summed E-state index contributed by atoms with van der Waals surface area (Å²) < 4.78 is 0. The lowest BCUT2D eigenvalue weighted by Crippen LogP contribution is -2.50. The van der Waals surface area contributed by atoms with Gasteiger partial charge in [0.2, 0.25) is 18.2 Å². The molecule has 0 aromatic heterocycles. The number of rotatable bonds is 10. The highest BCUT2D eigenvalue weighted by Crippen LogP contribution is 2.03. The predicted octanol–water partition coefficient (Wildman–Crippen LogP) is -0.216. The molecule has 24 heavy (non-hydrogen) atoms. The van der Waals surface area contributed by atoms with Crippen molar-refractivity contribution in [1.82, 2.24) is 15.5 Å². The van der Waals surface area contributed by atoms with E-state index in [2.05, 4.69) is 10.6 Å². The maximum Gasteiger partial charge on any atom is 0.252 e. The molecule has 0 aliphatic rings. The summed E-state index contributed by atoms with van der Waals surface area (Å²) in [5, 5.41) is 5.00. The lowest BCUT2D eigenvalue weighted by Gasteiger charge is -2.22. The number of carbonyl (C=O) groups excluding carboxylic acids is 5. The van der Waals surface area contributed by atoms with E-state index < -0.39 is 23.8 Å². The van der Waals surface area contributed by atoms with Crippen molar-refractivity contribution in [2.45, 2.75) is 40.2 Å². The van der Waals surface area contributed by atoms with Crippen LogP contribution < -0.4 is 10.6 Å². The first-order valence-corrected chi connectivity index (χ1v) is 7.68. The van der Waals surface area contributed by atoms with Crippen LogP contribution in [-0.4, -0.2) is 53.9 Å². The van der Waals surface area contributed by atoms with Crippen LogP contribution in [0.1, 0.15) is 34.1 Å². The number of ketones is 1.